The second-order valence-corrected chi connectivity index (χ2v) is 5.33. The molecular weight excluding hydrogens is 286 g/mol. The molecule has 4 nitrogen and oxygen atoms in total. The van der Waals surface area contributed by atoms with Gasteiger partial charge in [-0.25, -0.2) is 0 Å². The molecule has 0 atom stereocenters. The highest BCUT2D eigenvalue weighted by Gasteiger charge is 2.07. The van der Waals surface area contributed by atoms with Crippen molar-refractivity contribution in [1.29, 1.82) is 0 Å². The lowest BCUT2D eigenvalue weighted by atomic mass is 10.1. The van der Waals surface area contributed by atoms with E-state index in [0.29, 0.717) is 16.8 Å². The van der Waals surface area contributed by atoms with Gasteiger partial charge in [-0.3, -0.25) is 9.59 Å². The molecule has 0 unspecified atom stereocenters. The molecular formula is C16H15NO3S. The van der Waals surface area contributed by atoms with Gasteiger partial charge in [0, 0.05) is 16.1 Å². The van der Waals surface area contributed by atoms with Gasteiger partial charge < -0.3 is 10.4 Å². The predicted molar refractivity (Wildman–Crippen MR) is 84.0 cm³/mol. The lowest BCUT2D eigenvalue weighted by Crippen LogP contribution is -2.12. The van der Waals surface area contributed by atoms with E-state index in [1.165, 1.54) is 0 Å². The van der Waals surface area contributed by atoms with Gasteiger partial charge in [-0.15, -0.1) is 11.8 Å². The van der Waals surface area contributed by atoms with Crippen LogP contribution in [0.25, 0.3) is 0 Å². The summed E-state index contributed by atoms with van der Waals surface area (Å²) in [6.07, 6.45) is 1.93. The molecule has 0 aliphatic rings. The summed E-state index contributed by atoms with van der Waals surface area (Å²) in [5.41, 5.74) is 1.94. The predicted octanol–water partition coefficient (Wildman–Crippen LogP) is 3.29. The highest BCUT2D eigenvalue weighted by molar-refractivity contribution is 7.98. The molecule has 0 fully saturated rings. The summed E-state index contributed by atoms with van der Waals surface area (Å²) in [5.74, 6) is -1.06. The number of aliphatic carboxylic acids is 1. The van der Waals surface area contributed by atoms with E-state index in [4.69, 9.17) is 5.11 Å². The maximum atomic E-state index is 12.1. The van der Waals surface area contributed by atoms with E-state index in [0.717, 1.165) is 4.90 Å². The average Bonchev–Trinajstić information content (AvgIpc) is 2.49. The van der Waals surface area contributed by atoms with Crippen molar-refractivity contribution in [3.63, 3.8) is 0 Å². The van der Waals surface area contributed by atoms with Crippen molar-refractivity contribution >= 4 is 29.3 Å². The SMILES string of the molecule is CSc1cccc(C(=O)Nc2ccc(CC(=O)O)cc2)c1. The van der Waals surface area contributed by atoms with E-state index in [9.17, 15) is 9.59 Å². The molecule has 0 radical (unpaired) electrons. The van der Waals surface area contributed by atoms with E-state index < -0.39 is 5.97 Å². The van der Waals surface area contributed by atoms with Crippen molar-refractivity contribution in [3.8, 4) is 0 Å². The van der Waals surface area contributed by atoms with Crippen LogP contribution in [0.2, 0.25) is 0 Å². The van der Waals surface area contributed by atoms with Gasteiger partial charge in [0.05, 0.1) is 6.42 Å². The number of carbonyl (C=O) groups excluding carboxylic acids is 1. The van der Waals surface area contributed by atoms with Crippen LogP contribution in [-0.2, 0) is 11.2 Å². The maximum absolute atomic E-state index is 12.1. The zero-order chi connectivity index (χ0) is 15.2. The molecule has 2 aromatic carbocycles. The molecule has 0 heterocycles. The molecule has 0 saturated carbocycles. The number of carboxylic acid groups (broad SMARTS) is 1. The Labute approximate surface area is 127 Å². The summed E-state index contributed by atoms with van der Waals surface area (Å²) in [6, 6.07) is 14.2. The standard InChI is InChI=1S/C16H15NO3S/c1-21-14-4-2-3-12(10-14)16(20)17-13-7-5-11(6-8-13)9-15(18)19/h2-8,10H,9H2,1H3,(H,17,20)(H,18,19). The Kier molecular flexibility index (Phi) is 5.00. The Balaban J connectivity index is 2.06. The zero-order valence-electron chi connectivity index (χ0n) is 11.5. The third-order valence-corrected chi connectivity index (χ3v) is 3.62. The number of rotatable bonds is 5. The smallest absolute Gasteiger partial charge is 0.307 e. The fraction of sp³-hybridized carbons (Fsp3) is 0.125. The molecule has 0 saturated heterocycles. The van der Waals surface area contributed by atoms with Gasteiger partial charge in [-0.1, -0.05) is 18.2 Å². The van der Waals surface area contributed by atoms with Crippen molar-refractivity contribution in [1.82, 2.24) is 0 Å². The number of hydrogen-bond acceptors (Lipinski definition) is 3. The maximum Gasteiger partial charge on any atom is 0.307 e. The number of thioether (sulfide) groups is 1. The molecule has 0 aliphatic carbocycles. The second-order valence-electron chi connectivity index (χ2n) is 4.45. The first-order valence-corrected chi connectivity index (χ1v) is 7.57. The highest BCUT2D eigenvalue weighted by Crippen LogP contribution is 2.17. The van der Waals surface area contributed by atoms with Crippen molar-refractivity contribution in [2.75, 3.05) is 11.6 Å². The van der Waals surface area contributed by atoms with Crippen molar-refractivity contribution in [2.45, 2.75) is 11.3 Å². The van der Waals surface area contributed by atoms with Crippen LogP contribution in [0.15, 0.2) is 53.4 Å². The summed E-state index contributed by atoms with van der Waals surface area (Å²) in [6.45, 7) is 0. The Hall–Kier alpha value is -2.27. The van der Waals surface area contributed by atoms with Gasteiger partial charge in [0.25, 0.3) is 5.91 Å². The molecule has 5 heteroatoms. The number of carboxylic acids is 1. The number of benzene rings is 2. The minimum absolute atomic E-state index is 0.0238. The Morgan fingerprint density at radius 1 is 1.14 bits per heavy atom. The minimum Gasteiger partial charge on any atom is -0.481 e. The van der Waals surface area contributed by atoms with E-state index in [2.05, 4.69) is 5.32 Å². The van der Waals surface area contributed by atoms with E-state index in [1.807, 2.05) is 24.5 Å². The number of hydrogen-bond donors (Lipinski definition) is 2. The number of anilines is 1. The summed E-state index contributed by atoms with van der Waals surface area (Å²) in [5, 5.41) is 11.5. The molecule has 0 aromatic heterocycles. The molecule has 2 rings (SSSR count). The average molecular weight is 301 g/mol. The fourth-order valence-electron chi connectivity index (χ4n) is 1.85. The highest BCUT2D eigenvalue weighted by atomic mass is 32.2. The molecule has 108 valence electrons. The zero-order valence-corrected chi connectivity index (χ0v) is 12.3. The largest absolute Gasteiger partial charge is 0.481 e. The van der Waals surface area contributed by atoms with E-state index >= 15 is 0 Å². The number of carbonyl (C=O) groups is 2. The topological polar surface area (TPSA) is 66.4 Å². The molecule has 21 heavy (non-hydrogen) atoms. The fourth-order valence-corrected chi connectivity index (χ4v) is 2.31. The van der Waals surface area contributed by atoms with E-state index in [-0.39, 0.29) is 12.3 Å². The van der Waals surface area contributed by atoms with Crippen LogP contribution < -0.4 is 5.32 Å². The van der Waals surface area contributed by atoms with Gasteiger partial charge in [0.1, 0.15) is 0 Å². The molecule has 2 N–H and O–H groups in total. The molecule has 0 aliphatic heterocycles. The molecule has 2 aromatic rings. The van der Waals surface area contributed by atoms with E-state index in [1.54, 1.807) is 42.1 Å². The van der Waals surface area contributed by atoms with Crippen LogP contribution in [0.3, 0.4) is 0 Å². The normalized spacial score (nSPS) is 10.1. The van der Waals surface area contributed by atoms with Crippen LogP contribution in [0, 0.1) is 0 Å². The third kappa shape index (κ3) is 4.36. The lowest BCUT2D eigenvalue weighted by molar-refractivity contribution is -0.136. The van der Waals surface area contributed by atoms with Crippen LogP contribution in [0.4, 0.5) is 5.69 Å². The van der Waals surface area contributed by atoms with Crippen LogP contribution in [0.5, 0.6) is 0 Å². The number of nitrogens with one attached hydrogen (secondary N) is 1. The Morgan fingerprint density at radius 2 is 1.86 bits per heavy atom. The van der Waals surface area contributed by atoms with Gasteiger partial charge in [-0.05, 0) is 42.2 Å². The van der Waals surface area contributed by atoms with Crippen molar-refractivity contribution < 1.29 is 14.7 Å². The first-order chi connectivity index (χ1) is 10.1. The molecule has 1 amide bonds. The van der Waals surface area contributed by atoms with Gasteiger partial charge in [0.2, 0.25) is 0 Å². The quantitative estimate of drug-likeness (QED) is 0.832. The van der Waals surface area contributed by atoms with Gasteiger partial charge in [0.15, 0.2) is 0 Å². The summed E-state index contributed by atoms with van der Waals surface area (Å²) >= 11 is 1.58. The van der Waals surface area contributed by atoms with Crippen LogP contribution >= 0.6 is 11.8 Å². The Bertz CT molecular complexity index is 653. The third-order valence-electron chi connectivity index (χ3n) is 2.90. The first kappa shape index (κ1) is 15.1. The monoisotopic (exact) mass is 301 g/mol. The Morgan fingerprint density at radius 3 is 2.48 bits per heavy atom. The number of amides is 1. The first-order valence-electron chi connectivity index (χ1n) is 6.34. The summed E-state index contributed by atoms with van der Waals surface area (Å²) in [4.78, 5) is 23.8. The summed E-state index contributed by atoms with van der Waals surface area (Å²) < 4.78 is 0. The lowest BCUT2D eigenvalue weighted by Gasteiger charge is -2.07. The molecule has 0 bridgehead atoms. The van der Waals surface area contributed by atoms with Crippen molar-refractivity contribution in [2.24, 2.45) is 0 Å². The minimum atomic E-state index is -0.874. The van der Waals surface area contributed by atoms with Gasteiger partial charge in [-0.2, -0.15) is 0 Å². The van der Waals surface area contributed by atoms with Crippen LogP contribution in [-0.4, -0.2) is 23.2 Å². The van der Waals surface area contributed by atoms with Gasteiger partial charge >= 0.3 is 5.97 Å². The van der Waals surface area contributed by atoms with Crippen LogP contribution in [0.1, 0.15) is 15.9 Å². The second kappa shape index (κ2) is 6.95. The van der Waals surface area contributed by atoms with Crippen molar-refractivity contribution in [3.05, 3.63) is 59.7 Å². The summed E-state index contributed by atoms with van der Waals surface area (Å²) in [7, 11) is 0. The molecule has 0 spiro atoms.